The molecule has 0 aliphatic carbocycles. The van der Waals surface area contributed by atoms with Crippen LogP contribution in [-0.2, 0) is 4.79 Å². The number of rotatable bonds is 4. The van der Waals surface area contributed by atoms with E-state index in [1.807, 2.05) is 34.9 Å². The van der Waals surface area contributed by atoms with E-state index in [2.05, 4.69) is 4.90 Å². The Labute approximate surface area is 77.0 Å². The third kappa shape index (κ3) is 9.63. The number of nitrogens with zero attached hydrogens (tertiary/aromatic N) is 1. The van der Waals surface area contributed by atoms with Gasteiger partial charge < -0.3 is 4.90 Å². The van der Waals surface area contributed by atoms with E-state index in [4.69, 9.17) is 0 Å². The van der Waals surface area contributed by atoms with Gasteiger partial charge in [-0.25, -0.2) is 0 Å². The Bertz CT molecular complexity index is 110. The number of carbonyl (C=O) groups is 1. The predicted octanol–water partition coefficient (Wildman–Crippen LogP) is 2.19. The molecule has 0 aromatic carbocycles. The number of hydrogen-bond donors (Lipinski definition) is 0. The molecule has 0 spiro atoms. The van der Waals surface area contributed by atoms with Crippen molar-refractivity contribution in [2.45, 2.75) is 34.1 Å². The van der Waals surface area contributed by atoms with Gasteiger partial charge in [0.15, 0.2) is 0 Å². The second-order valence-electron chi connectivity index (χ2n) is 3.10. The van der Waals surface area contributed by atoms with Gasteiger partial charge in [0.2, 0.25) is 0 Å². The van der Waals surface area contributed by atoms with Crippen molar-refractivity contribution in [3.05, 3.63) is 0 Å². The topological polar surface area (TPSA) is 20.3 Å². The highest BCUT2D eigenvalue weighted by atomic mass is 16.1. The largest absolute Gasteiger partial charge is 0.309 e. The molecule has 0 amide bonds. The molecular weight excluding hydrogens is 150 g/mol. The van der Waals surface area contributed by atoms with E-state index in [1.165, 1.54) is 0 Å². The van der Waals surface area contributed by atoms with Gasteiger partial charge in [-0.1, -0.05) is 20.8 Å². The molecule has 0 N–H and O–H groups in total. The van der Waals surface area contributed by atoms with Gasteiger partial charge in [0.25, 0.3) is 0 Å². The molecule has 0 rings (SSSR count). The van der Waals surface area contributed by atoms with Crippen LogP contribution >= 0.6 is 0 Å². The summed E-state index contributed by atoms with van der Waals surface area (Å²) >= 11 is 0. The van der Waals surface area contributed by atoms with Gasteiger partial charge in [-0.3, -0.25) is 4.79 Å². The summed E-state index contributed by atoms with van der Waals surface area (Å²) in [5.41, 5.74) is 0. The molecule has 0 saturated carbocycles. The molecule has 2 nitrogen and oxygen atoms in total. The second-order valence-corrected chi connectivity index (χ2v) is 3.10. The van der Waals surface area contributed by atoms with E-state index < -0.39 is 0 Å². The lowest BCUT2D eigenvalue weighted by molar-refractivity contribution is -0.120. The highest BCUT2D eigenvalue weighted by molar-refractivity contribution is 5.77. The Kier molecular flexibility index (Phi) is 10.3. The molecule has 0 saturated heterocycles. The molecule has 1 unspecified atom stereocenters. The normalized spacial score (nSPS) is 11.9. The van der Waals surface area contributed by atoms with Crippen LogP contribution in [0.3, 0.4) is 0 Å². The fourth-order valence-electron chi connectivity index (χ4n) is 0.655. The van der Waals surface area contributed by atoms with Crippen molar-refractivity contribution in [1.29, 1.82) is 0 Å². The van der Waals surface area contributed by atoms with Gasteiger partial charge in [0, 0.05) is 5.92 Å². The summed E-state index contributed by atoms with van der Waals surface area (Å²) in [5.74, 6) is 0.518. The van der Waals surface area contributed by atoms with E-state index in [-0.39, 0.29) is 5.92 Å². The van der Waals surface area contributed by atoms with Crippen molar-refractivity contribution < 1.29 is 4.79 Å². The van der Waals surface area contributed by atoms with Crippen LogP contribution in [0.25, 0.3) is 0 Å². The van der Waals surface area contributed by atoms with E-state index in [9.17, 15) is 4.79 Å². The number of carbonyl (C=O) groups excluding carboxylic acids is 1. The Morgan fingerprint density at radius 3 is 2.00 bits per heavy atom. The van der Waals surface area contributed by atoms with Crippen molar-refractivity contribution in [3.63, 3.8) is 0 Å². The third-order valence-corrected chi connectivity index (χ3v) is 1.70. The number of ketones is 1. The minimum atomic E-state index is 0.224. The van der Waals surface area contributed by atoms with Crippen LogP contribution in [0.15, 0.2) is 0 Å². The van der Waals surface area contributed by atoms with Crippen LogP contribution in [0.5, 0.6) is 0 Å². The van der Waals surface area contributed by atoms with Gasteiger partial charge in [0.05, 0.1) is 0 Å². The van der Waals surface area contributed by atoms with Crippen molar-refractivity contribution in [1.82, 2.24) is 4.90 Å². The maximum absolute atomic E-state index is 10.7. The quantitative estimate of drug-likeness (QED) is 0.649. The molecule has 0 aliphatic rings. The molecule has 0 aliphatic heterocycles. The fraction of sp³-hybridized carbons (Fsp3) is 0.900. The Hall–Kier alpha value is -0.370. The van der Waals surface area contributed by atoms with Crippen LogP contribution in [0, 0.1) is 5.92 Å². The van der Waals surface area contributed by atoms with Crippen molar-refractivity contribution in [2.24, 2.45) is 5.92 Å². The molecule has 0 fully saturated rings. The van der Waals surface area contributed by atoms with E-state index in [0.29, 0.717) is 5.78 Å². The van der Waals surface area contributed by atoms with Gasteiger partial charge in [-0.2, -0.15) is 0 Å². The molecule has 0 heterocycles. The van der Waals surface area contributed by atoms with E-state index in [0.717, 1.165) is 13.0 Å². The lowest BCUT2D eigenvalue weighted by atomic mass is 10.0. The zero-order valence-corrected chi connectivity index (χ0v) is 9.35. The summed E-state index contributed by atoms with van der Waals surface area (Å²) in [7, 11) is 4.04. The fourth-order valence-corrected chi connectivity index (χ4v) is 0.655. The van der Waals surface area contributed by atoms with Crippen LogP contribution in [0.1, 0.15) is 34.1 Å². The first kappa shape index (κ1) is 14.2. The van der Waals surface area contributed by atoms with Crippen LogP contribution in [-0.4, -0.2) is 31.3 Å². The van der Waals surface area contributed by atoms with Crippen LogP contribution < -0.4 is 0 Å². The van der Waals surface area contributed by atoms with Gasteiger partial charge >= 0.3 is 0 Å². The Morgan fingerprint density at radius 2 is 1.75 bits per heavy atom. The maximum Gasteiger partial charge on any atom is 0.132 e. The predicted molar refractivity (Wildman–Crippen MR) is 54.4 cm³/mol. The molecule has 0 aromatic heterocycles. The van der Waals surface area contributed by atoms with E-state index in [1.54, 1.807) is 6.92 Å². The Balaban J connectivity index is 0. The second kappa shape index (κ2) is 8.72. The minimum absolute atomic E-state index is 0.224. The summed E-state index contributed by atoms with van der Waals surface area (Å²) in [4.78, 5) is 12.8. The highest BCUT2D eigenvalue weighted by Gasteiger charge is 2.06. The van der Waals surface area contributed by atoms with Gasteiger partial charge in [0.1, 0.15) is 5.78 Å². The van der Waals surface area contributed by atoms with Crippen molar-refractivity contribution in [3.8, 4) is 0 Å². The SMILES string of the molecule is CC.CC(=O)C(C)CCN(C)C. The minimum Gasteiger partial charge on any atom is -0.309 e. The lowest BCUT2D eigenvalue weighted by Crippen LogP contribution is -2.18. The lowest BCUT2D eigenvalue weighted by Gasteiger charge is -2.11. The molecule has 12 heavy (non-hydrogen) atoms. The highest BCUT2D eigenvalue weighted by Crippen LogP contribution is 2.02. The number of hydrogen-bond acceptors (Lipinski definition) is 2. The standard InChI is InChI=1S/C8H17NO.C2H6/c1-7(8(2)10)5-6-9(3)4;1-2/h7H,5-6H2,1-4H3;1-2H3. The summed E-state index contributed by atoms with van der Waals surface area (Å²) < 4.78 is 0. The maximum atomic E-state index is 10.7. The van der Waals surface area contributed by atoms with Gasteiger partial charge in [-0.05, 0) is 34.0 Å². The molecule has 0 radical (unpaired) electrons. The number of Topliss-reactive ketones (excluding diaryl/α,β-unsaturated/α-hetero) is 1. The van der Waals surface area contributed by atoms with E-state index >= 15 is 0 Å². The monoisotopic (exact) mass is 173 g/mol. The van der Waals surface area contributed by atoms with Crippen LogP contribution in [0.2, 0.25) is 0 Å². The molecule has 0 bridgehead atoms. The summed E-state index contributed by atoms with van der Waals surface area (Å²) in [6, 6.07) is 0. The Morgan fingerprint density at radius 1 is 1.33 bits per heavy atom. The van der Waals surface area contributed by atoms with Gasteiger partial charge in [-0.15, -0.1) is 0 Å². The smallest absolute Gasteiger partial charge is 0.132 e. The average Bonchev–Trinajstić information content (AvgIpc) is 2.03. The molecule has 1 atom stereocenters. The first-order valence-corrected chi connectivity index (χ1v) is 4.69. The van der Waals surface area contributed by atoms with Crippen molar-refractivity contribution in [2.75, 3.05) is 20.6 Å². The summed E-state index contributed by atoms with van der Waals surface area (Å²) in [5, 5.41) is 0. The molecule has 2 heteroatoms. The first-order valence-electron chi connectivity index (χ1n) is 4.69. The molecule has 0 aromatic rings. The zero-order chi connectivity index (χ0) is 10.1. The summed E-state index contributed by atoms with van der Waals surface area (Å²) in [6.07, 6.45) is 0.975. The van der Waals surface area contributed by atoms with Crippen LogP contribution in [0.4, 0.5) is 0 Å². The molecular formula is C10H23NO. The van der Waals surface area contributed by atoms with Crippen molar-refractivity contribution >= 4 is 5.78 Å². The zero-order valence-electron chi connectivity index (χ0n) is 9.35. The molecule has 74 valence electrons. The third-order valence-electron chi connectivity index (χ3n) is 1.70. The first-order chi connectivity index (χ1) is 5.54. The average molecular weight is 173 g/mol. The summed E-state index contributed by atoms with van der Waals surface area (Å²) in [6.45, 7) is 8.63.